The predicted molar refractivity (Wildman–Crippen MR) is 68.2 cm³/mol. The highest BCUT2D eigenvalue weighted by atomic mass is 14.1. The quantitative estimate of drug-likeness (QED) is 0.614. The van der Waals surface area contributed by atoms with Crippen molar-refractivity contribution in [2.24, 2.45) is 5.92 Å². The summed E-state index contributed by atoms with van der Waals surface area (Å²) in [6, 6.07) is 9.02. The minimum absolute atomic E-state index is 0.629. The van der Waals surface area contributed by atoms with Crippen molar-refractivity contribution in [3.05, 3.63) is 48.0 Å². The summed E-state index contributed by atoms with van der Waals surface area (Å²) < 4.78 is 0. The second-order valence-electron chi connectivity index (χ2n) is 4.73. The van der Waals surface area contributed by atoms with Gasteiger partial charge in [0.25, 0.3) is 0 Å². The van der Waals surface area contributed by atoms with Gasteiger partial charge in [-0.25, -0.2) is 0 Å². The van der Waals surface area contributed by atoms with Gasteiger partial charge in [-0.2, -0.15) is 0 Å². The Morgan fingerprint density at radius 2 is 1.73 bits per heavy atom. The Morgan fingerprint density at radius 3 is 2.20 bits per heavy atom. The van der Waals surface area contributed by atoms with E-state index in [9.17, 15) is 0 Å². The first-order valence-corrected chi connectivity index (χ1v) is 5.83. The third-order valence-corrected chi connectivity index (χ3v) is 2.80. The predicted octanol–water partition coefficient (Wildman–Crippen LogP) is 4.56. The molecule has 1 atom stereocenters. The fourth-order valence-electron chi connectivity index (χ4n) is 1.81. The van der Waals surface area contributed by atoms with Gasteiger partial charge in [-0.15, -0.1) is 6.58 Å². The van der Waals surface area contributed by atoms with Crippen LogP contribution in [0, 0.1) is 5.92 Å². The van der Waals surface area contributed by atoms with E-state index >= 15 is 0 Å². The van der Waals surface area contributed by atoms with Crippen molar-refractivity contribution < 1.29 is 0 Å². The molecule has 0 spiro atoms. The van der Waals surface area contributed by atoms with Crippen LogP contribution in [0.15, 0.2) is 36.9 Å². The molecule has 0 nitrogen and oxygen atoms in total. The fraction of sp³-hybridized carbons (Fsp3) is 0.467. The van der Waals surface area contributed by atoms with Crippen LogP contribution < -0.4 is 0 Å². The van der Waals surface area contributed by atoms with Crippen molar-refractivity contribution >= 4 is 0 Å². The number of hydrogen-bond acceptors (Lipinski definition) is 0. The van der Waals surface area contributed by atoms with Crippen molar-refractivity contribution in [1.29, 1.82) is 0 Å². The summed E-state index contributed by atoms with van der Waals surface area (Å²) in [5.74, 6) is 1.33. The minimum atomic E-state index is 0.629. The Labute approximate surface area is 94.0 Å². The first kappa shape index (κ1) is 12.0. The molecule has 15 heavy (non-hydrogen) atoms. The molecule has 0 heteroatoms. The van der Waals surface area contributed by atoms with Crippen molar-refractivity contribution in [3.63, 3.8) is 0 Å². The lowest BCUT2D eigenvalue weighted by molar-refractivity contribution is 0.590. The minimum Gasteiger partial charge on any atom is -0.103 e. The molecule has 1 aromatic carbocycles. The highest BCUT2D eigenvalue weighted by molar-refractivity contribution is 5.24. The van der Waals surface area contributed by atoms with Crippen molar-refractivity contribution in [1.82, 2.24) is 0 Å². The van der Waals surface area contributed by atoms with E-state index in [1.807, 2.05) is 6.08 Å². The van der Waals surface area contributed by atoms with Crippen LogP contribution >= 0.6 is 0 Å². The molecule has 0 fully saturated rings. The Bertz CT molecular complexity index is 292. The molecule has 0 saturated carbocycles. The molecule has 1 aromatic rings. The zero-order chi connectivity index (χ0) is 11.3. The number of hydrogen-bond donors (Lipinski definition) is 0. The summed E-state index contributed by atoms with van der Waals surface area (Å²) in [6.07, 6.45) is 4.27. The molecule has 0 amide bonds. The average molecular weight is 202 g/mol. The van der Waals surface area contributed by atoms with Gasteiger partial charge in [0, 0.05) is 0 Å². The zero-order valence-electron chi connectivity index (χ0n) is 10.2. The maximum Gasteiger partial charge on any atom is -0.0219 e. The van der Waals surface area contributed by atoms with Gasteiger partial charge < -0.3 is 0 Å². The Kier molecular flexibility index (Phi) is 4.61. The summed E-state index contributed by atoms with van der Waals surface area (Å²) in [5.41, 5.74) is 2.86. The van der Waals surface area contributed by atoms with E-state index in [1.54, 1.807) is 0 Å². The van der Waals surface area contributed by atoms with Gasteiger partial charge in [0.2, 0.25) is 0 Å². The SMILES string of the molecule is C=CCC(C)Cc1ccc(C(C)C)cc1. The maximum absolute atomic E-state index is 3.78. The number of benzene rings is 1. The van der Waals surface area contributed by atoms with Gasteiger partial charge in [-0.05, 0) is 35.8 Å². The van der Waals surface area contributed by atoms with E-state index in [-0.39, 0.29) is 0 Å². The molecule has 0 saturated heterocycles. The van der Waals surface area contributed by atoms with Gasteiger partial charge in [-0.1, -0.05) is 51.1 Å². The van der Waals surface area contributed by atoms with Gasteiger partial charge >= 0.3 is 0 Å². The molecule has 1 rings (SSSR count). The van der Waals surface area contributed by atoms with Crippen LogP contribution in [-0.4, -0.2) is 0 Å². The van der Waals surface area contributed by atoms with Gasteiger partial charge in [0.15, 0.2) is 0 Å². The molecule has 0 bridgehead atoms. The fourth-order valence-corrected chi connectivity index (χ4v) is 1.81. The lowest BCUT2D eigenvalue weighted by Gasteiger charge is -2.10. The van der Waals surface area contributed by atoms with Crippen LogP contribution in [0.5, 0.6) is 0 Å². The zero-order valence-corrected chi connectivity index (χ0v) is 10.2. The first-order valence-electron chi connectivity index (χ1n) is 5.83. The average Bonchev–Trinajstić information content (AvgIpc) is 2.18. The summed E-state index contributed by atoms with van der Waals surface area (Å²) in [5, 5.41) is 0. The maximum atomic E-state index is 3.78. The van der Waals surface area contributed by atoms with E-state index < -0.39 is 0 Å². The molecule has 0 aromatic heterocycles. The highest BCUT2D eigenvalue weighted by Crippen LogP contribution is 2.17. The van der Waals surface area contributed by atoms with Gasteiger partial charge in [-0.3, -0.25) is 0 Å². The van der Waals surface area contributed by atoms with Crippen molar-refractivity contribution in [2.75, 3.05) is 0 Å². The van der Waals surface area contributed by atoms with Crippen LogP contribution in [-0.2, 0) is 6.42 Å². The van der Waals surface area contributed by atoms with Crippen LogP contribution in [0.2, 0.25) is 0 Å². The van der Waals surface area contributed by atoms with Crippen LogP contribution in [0.25, 0.3) is 0 Å². The monoisotopic (exact) mass is 202 g/mol. The third-order valence-electron chi connectivity index (χ3n) is 2.80. The molecule has 0 aliphatic carbocycles. The molecule has 0 radical (unpaired) electrons. The van der Waals surface area contributed by atoms with E-state index in [1.165, 1.54) is 11.1 Å². The Balaban J connectivity index is 2.60. The Hall–Kier alpha value is -1.04. The second kappa shape index (κ2) is 5.75. The third kappa shape index (κ3) is 3.91. The normalized spacial score (nSPS) is 12.8. The van der Waals surface area contributed by atoms with Gasteiger partial charge in [0.05, 0.1) is 0 Å². The first-order chi connectivity index (χ1) is 7.13. The van der Waals surface area contributed by atoms with E-state index in [0.717, 1.165) is 12.8 Å². The number of allylic oxidation sites excluding steroid dienone is 1. The van der Waals surface area contributed by atoms with Gasteiger partial charge in [0.1, 0.15) is 0 Å². The molecule has 0 aliphatic heterocycles. The molecule has 0 N–H and O–H groups in total. The second-order valence-corrected chi connectivity index (χ2v) is 4.73. The van der Waals surface area contributed by atoms with E-state index in [2.05, 4.69) is 51.6 Å². The lowest BCUT2D eigenvalue weighted by Crippen LogP contribution is -1.98. The molecule has 0 heterocycles. The summed E-state index contributed by atoms with van der Waals surface area (Å²) in [6.45, 7) is 10.5. The lowest BCUT2D eigenvalue weighted by atomic mass is 9.95. The molecule has 1 unspecified atom stereocenters. The van der Waals surface area contributed by atoms with Crippen LogP contribution in [0.4, 0.5) is 0 Å². The van der Waals surface area contributed by atoms with Crippen LogP contribution in [0.3, 0.4) is 0 Å². The van der Waals surface area contributed by atoms with Crippen molar-refractivity contribution in [2.45, 2.75) is 39.5 Å². The number of rotatable bonds is 5. The summed E-state index contributed by atoms with van der Waals surface area (Å²) >= 11 is 0. The standard InChI is InChI=1S/C15H22/c1-5-6-13(4)11-14-7-9-15(10-8-14)12(2)3/h5,7-10,12-13H,1,6,11H2,2-4H3. The largest absolute Gasteiger partial charge is 0.103 e. The Morgan fingerprint density at radius 1 is 1.13 bits per heavy atom. The molecule has 0 aliphatic rings. The van der Waals surface area contributed by atoms with E-state index in [0.29, 0.717) is 11.8 Å². The van der Waals surface area contributed by atoms with Crippen LogP contribution in [0.1, 0.15) is 44.2 Å². The topological polar surface area (TPSA) is 0 Å². The van der Waals surface area contributed by atoms with E-state index in [4.69, 9.17) is 0 Å². The smallest absolute Gasteiger partial charge is 0.0219 e. The molecule has 82 valence electrons. The highest BCUT2D eigenvalue weighted by Gasteiger charge is 2.03. The molecular weight excluding hydrogens is 180 g/mol. The van der Waals surface area contributed by atoms with Crippen molar-refractivity contribution in [3.8, 4) is 0 Å². The summed E-state index contributed by atoms with van der Waals surface area (Å²) in [7, 11) is 0. The molecular formula is C15H22. The summed E-state index contributed by atoms with van der Waals surface area (Å²) in [4.78, 5) is 0.